The largest absolute Gasteiger partial charge is 0.379 e. The standard InChI is InChI=1S/C9H12N2O2.HNO2/c10-8(9(12)13-11)6-7-4-2-1-3-5-7;2-1-3/h1-5,8H,6,10-11H2;(H,2,3)/t8-;/m0./s1. The summed E-state index contributed by atoms with van der Waals surface area (Å²) in [5, 5.41) is 7.89. The first-order chi connectivity index (χ1) is 7.65. The van der Waals surface area contributed by atoms with Crippen LogP contribution in [0.1, 0.15) is 5.56 Å². The third-order valence-corrected chi connectivity index (χ3v) is 1.72. The van der Waals surface area contributed by atoms with Crippen molar-refractivity contribution in [1.29, 1.82) is 0 Å². The molecule has 0 spiro atoms. The number of rotatable bonds is 3. The third-order valence-electron chi connectivity index (χ3n) is 1.72. The minimum Gasteiger partial charge on any atom is -0.379 e. The fourth-order valence-electron chi connectivity index (χ4n) is 1.04. The Kier molecular flexibility index (Phi) is 7.29. The summed E-state index contributed by atoms with van der Waals surface area (Å²) in [5.74, 6) is 4.10. The summed E-state index contributed by atoms with van der Waals surface area (Å²) in [6, 6.07) is 8.77. The molecule has 0 bridgehead atoms. The van der Waals surface area contributed by atoms with E-state index in [1.165, 1.54) is 5.34 Å². The van der Waals surface area contributed by atoms with Crippen LogP contribution >= 0.6 is 0 Å². The summed E-state index contributed by atoms with van der Waals surface area (Å²) >= 11 is 0. The van der Waals surface area contributed by atoms with Gasteiger partial charge in [-0.05, 0) is 12.0 Å². The molecule has 1 aromatic carbocycles. The number of nitrogens with zero attached hydrogens (tertiary/aromatic N) is 1. The Morgan fingerprint density at radius 1 is 1.44 bits per heavy atom. The second-order valence-electron chi connectivity index (χ2n) is 2.81. The Bertz CT molecular complexity index is 318. The molecule has 7 heteroatoms. The number of benzene rings is 1. The molecular weight excluding hydrogens is 214 g/mol. The van der Waals surface area contributed by atoms with E-state index in [0.29, 0.717) is 6.42 Å². The van der Waals surface area contributed by atoms with Gasteiger partial charge in [0.25, 0.3) is 0 Å². The van der Waals surface area contributed by atoms with Gasteiger partial charge in [-0.25, -0.2) is 4.79 Å². The lowest BCUT2D eigenvalue weighted by molar-refractivity contribution is -0.145. The second kappa shape index (κ2) is 8.33. The molecule has 1 rings (SSSR count). The predicted molar refractivity (Wildman–Crippen MR) is 56.0 cm³/mol. The zero-order chi connectivity index (χ0) is 12.4. The molecule has 0 saturated carbocycles. The van der Waals surface area contributed by atoms with Gasteiger partial charge in [0, 0.05) is 0 Å². The highest BCUT2D eigenvalue weighted by molar-refractivity contribution is 5.75. The quantitative estimate of drug-likeness (QED) is 0.496. The lowest BCUT2D eigenvalue weighted by Gasteiger charge is -2.07. The SMILES string of the molecule is NOC(=O)[C@@H](N)Cc1ccccc1.O=NO. The molecule has 7 nitrogen and oxygen atoms in total. The van der Waals surface area contributed by atoms with Crippen LogP contribution in [0.2, 0.25) is 0 Å². The zero-order valence-corrected chi connectivity index (χ0v) is 8.45. The van der Waals surface area contributed by atoms with Crippen LogP contribution in [0, 0.1) is 4.91 Å². The van der Waals surface area contributed by atoms with Crippen molar-refractivity contribution >= 4 is 5.97 Å². The van der Waals surface area contributed by atoms with Gasteiger partial charge in [-0.2, -0.15) is 5.90 Å². The van der Waals surface area contributed by atoms with Crippen molar-refractivity contribution in [1.82, 2.24) is 0 Å². The molecule has 1 aromatic rings. The van der Waals surface area contributed by atoms with Crippen LogP contribution in [0.3, 0.4) is 0 Å². The molecule has 0 aliphatic carbocycles. The Balaban J connectivity index is 0.000000673. The number of carbonyl (C=O) groups excluding carboxylic acids is 1. The van der Waals surface area contributed by atoms with Crippen LogP contribution in [-0.4, -0.2) is 17.2 Å². The van der Waals surface area contributed by atoms with Crippen molar-refractivity contribution in [2.75, 3.05) is 0 Å². The molecule has 5 N–H and O–H groups in total. The summed E-state index contributed by atoms with van der Waals surface area (Å²) in [6.07, 6.45) is 0.441. The summed E-state index contributed by atoms with van der Waals surface area (Å²) in [4.78, 5) is 23.0. The van der Waals surface area contributed by atoms with Gasteiger partial charge >= 0.3 is 5.97 Å². The van der Waals surface area contributed by atoms with Gasteiger partial charge in [0.15, 0.2) is 5.34 Å². The van der Waals surface area contributed by atoms with Gasteiger partial charge in [-0.3, -0.25) is 0 Å². The summed E-state index contributed by atoms with van der Waals surface area (Å²) in [5.41, 5.74) is 6.49. The maximum atomic E-state index is 10.8. The van der Waals surface area contributed by atoms with E-state index in [9.17, 15) is 4.79 Å². The Labute approximate surface area is 91.9 Å². The average molecular weight is 227 g/mol. The van der Waals surface area contributed by atoms with Crippen molar-refractivity contribution in [3.8, 4) is 0 Å². The van der Waals surface area contributed by atoms with E-state index < -0.39 is 12.0 Å². The fourth-order valence-corrected chi connectivity index (χ4v) is 1.04. The van der Waals surface area contributed by atoms with Crippen LogP contribution in [0.25, 0.3) is 0 Å². The zero-order valence-electron chi connectivity index (χ0n) is 8.45. The third kappa shape index (κ3) is 5.68. The Morgan fingerprint density at radius 3 is 2.38 bits per heavy atom. The van der Waals surface area contributed by atoms with Gasteiger partial charge in [-0.15, -0.1) is 4.91 Å². The van der Waals surface area contributed by atoms with E-state index >= 15 is 0 Å². The van der Waals surface area contributed by atoms with Crippen molar-refractivity contribution in [3.05, 3.63) is 40.8 Å². The Morgan fingerprint density at radius 2 is 1.94 bits per heavy atom. The summed E-state index contributed by atoms with van der Waals surface area (Å²) in [7, 11) is 0. The molecule has 88 valence electrons. The molecule has 0 unspecified atom stereocenters. The van der Waals surface area contributed by atoms with E-state index in [0.717, 1.165) is 5.56 Å². The maximum Gasteiger partial charge on any atom is 0.341 e. The van der Waals surface area contributed by atoms with Crippen molar-refractivity contribution in [3.63, 3.8) is 0 Å². The number of carbonyl (C=O) groups is 1. The molecule has 0 aliphatic rings. The van der Waals surface area contributed by atoms with E-state index in [1.807, 2.05) is 30.3 Å². The summed E-state index contributed by atoms with van der Waals surface area (Å²) in [6.45, 7) is 0. The molecule has 0 fully saturated rings. The minimum absolute atomic E-state index is 0.441. The predicted octanol–water partition coefficient (Wildman–Crippen LogP) is 0.115. The molecule has 0 heterocycles. The van der Waals surface area contributed by atoms with Gasteiger partial charge in [0.1, 0.15) is 6.04 Å². The van der Waals surface area contributed by atoms with Crippen LogP contribution < -0.4 is 11.6 Å². The molecule has 0 radical (unpaired) electrons. The second-order valence-corrected chi connectivity index (χ2v) is 2.81. The van der Waals surface area contributed by atoms with Crippen LogP contribution in [0.15, 0.2) is 35.7 Å². The van der Waals surface area contributed by atoms with E-state index in [4.69, 9.17) is 21.7 Å². The lowest BCUT2D eigenvalue weighted by atomic mass is 10.1. The van der Waals surface area contributed by atoms with E-state index in [1.54, 1.807) is 0 Å². The van der Waals surface area contributed by atoms with Gasteiger partial charge in [0.2, 0.25) is 0 Å². The lowest BCUT2D eigenvalue weighted by Crippen LogP contribution is -2.35. The topological polar surface area (TPSA) is 128 Å². The molecular formula is C9H13N3O4. The normalized spacial score (nSPS) is 10.6. The molecule has 0 amide bonds. The van der Waals surface area contributed by atoms with Gasteiger partial charge in [0.05, 0.1) is 0 Å². The molecule has 0 saturated heterocycles. The van der Waals surface area contributed by atoms with E-state index in [-0.39, 0.29) is 0 Å². The van der Waals surface area contributed by atoms with Gasteiger partial charge in [-0.1, -0.05) is 30.3 Å². The average Bonchev–Trinajstić information content (AvgIpc) is 2.30. The number of hydrogen-bond donors (Lipinski definition) is 3. The minimum atomic E-state index is -0.688. The molecule has 16 heavy (non-hydrogen) atoms. The first-order valence-electron chi connectivity index (χ1n) is 4.32. The van der Waals surface area contributed by atoms with Gasteiger partial charge < -0.3 is 15.8 Å². The first kappa shape index (κ1) is 14.0. The molecule has 1 atom stereocenters. The van der Waals surface area contributed by atoms with Crippen molar-refractivity contribution < 1.29 is 14.8 Å². The number of hydrogen-bond acceptors (Lipinski definition) is 6. The highest BCUT2D eigenvalue weighted by atomic mass is 16.7. The van der Waals surface area contributed by atoms with Crippen LogP contribution in [0.5, 0.6) is 0 Å². The van der Waals surface area contributed by atoms with Crippen LogP contribution in [0.4, 0.5) is 0 Å². The van der Waals surface area contributed by atoms with Crippen molar-refractivity contribution in [2.24, 2.45) is 17.0 Å². The highest BCUT2D eigenvalue weighted by Gasteiger charge is 2.14. The highest BCUT2D eigenvalue weighted by Crippen LogP contribution is 2.01. The van der Waals surface area contributed by atoms with Crippen LogP contribution in [-0.2, 0) is 16.1 Å². The Hall–Kier alpha value is -1.99. The molecule has 0 aromatic heterocycles. The fraction of sp³-hybridized carbons (Fsp3) is 0.222. The molecule has 0 aliphatic heterocycles. The van der Waals surface area contributed by atoms with Crippen molar-refractivity contribution in [2.45, 2.75) is 12.5 Å². The smallest absolute Gasteiger partial charge is 0.341 e. The first-order valence-corrected chi connectivity index (χ1v) is 4.32. The maximum absolute atomic E-state index is 10.8. The van der Waals surface area contributed by atoms with E-state index in [2.05, 4.69) is 4.84 Å². The monoisotopic (exact) mass is 227 g/mol. The summed E-state index contributed by atoms with van der Waals surface area (Å²) < 4.78 is 0. The number of nitrogens with two attached hydrogens (primary N) is 2.